The molecule has 0 spiro atoms. The van der Waals surface area contributed by atoms with Gasteiger partial charge in [-0.2, -0.15) is 5.10 Å². The lowest BCUT2D eigenvalue weighted by Gasteiger charge is -2.06. The van der Waals surface area contributed by atoms with Gasteiger partial charge in [0.05, 0.1) is 28.1 Å². The monoisotopic (exact) mass is 408 g/mol. The average Bonchev–Trinajstić information content (AvgIpc) is 3.53. The Morgan fingerprint density at radius 1 is 1.03 bits per heavy atom. The van der Waals surface area contributed by atoms with Crippen LogP contribution in [0.3, 0.4) is 0 Å². The third kappa shape index (κ3) is 2.70. The van der Waals surface area contributed by atoms with Crippen LogP contribution in [0.5, 0.6) is 0 Å². The molecule has 7 heteroatoms. The fourth-order valence-corrected chi connectivity index (χ4v) is 4.08. The summed E-state index contributed by atoms with van der Waals surface area (Å²) < 4.78 is 15.7. The van der Waals surface area contributed by atoms with E-state index < -0.39 is 5.82 Å². The summed E-state index contributed by atoms with van der Waals surface area (Å²) in [6.45, 7) is 1.91. The minimum atomic E-state index is -0.445. The number of nitrogens with one attached hydrogen (secondary N) is 2. The van der Waals surface area contributed by atoms with E-state index in [1.807, 2.05) is 31.2 Å². The Bertz CT molecular complexity index is 1540. The lowest BCUT2D eigenvalue weighted by Crippen LogP contribution is -1.94. The molecule has 6 rings (SSSR count). The van der Waals surface area contributed by atoms with Crippen molar-refractivity contribution in [2.75, 3.05) is 0 Å². The number of aryl methyl sites for hydroxylation is 1. The summed E-state index contributed by atoms with van der Waals surface area (Å²) in [5.74, 6) is 0.0645. The van der Waals surface area contributed by atoms with Crippen LogP contribution in [-0.4, -0.2) is 30.1 Å². The maximum atomic E-state index is 15.7. The standard InChI is InChI=1S/C24H17FN6/c1-13-9-10-26-11-16(13)22-20(25)19-18(12-27-22)30-31-23(19)24-28-17-8-4-7-15(21(17)29-24)14-5-2-3-6-14/h2,4-12H,3H2,1H3,(H,28,29)(H,30,31). The van der Waals surface area contributed by atoms with Crippen LogP contribution in [0.1, 0.15) is 17.5 Å². The SMILES string of the molecule is Cc1ccncc1-c1ncc2[nH]nc(-c3nc4c(C5=CCC=C5)cccc4[nH]3)c2c1F. The van der Waals surface area contributed by atoms with Gasteiger partial charge in [-0.1, -0.05) is 30.4 Å². The van der Waals surface area contributed by atoms with Crippen LogP contribution in [0.2, 0.25) is 0 Å². The number of rotatable bonds is 3. The molecule has 0 radical (unpaired) electrons. The van der Waals surface area contributed by atoms with Crippen LogP contribution < -0.4 is 0 Å². The van der Waals surface area contributed by atoms with E-state index in [0.717, 1.165) is 34.2 Å². The molecule has 0 saturated carbocycles. The van der Waals surface area contributed by atoms with Crippen molar-refractivity contribution in [2.45, 2.75) is 13.3 Å². The van der Waals surface area contributed by atoms with E-state index in [0.29, 0.717) is 28.0 Å². The summed E-state index contributed by atoms with van der Waals surface area (Å²) >= 11 is 0. The Kier molecular flexibility index (Phi) is 3.83. The first-order valence-corrected chi connectivity index (χ1v) is 10.0. The van der Waals surface area contributed by atoms with Crippen LogP contribution in [0.15, 0.2) is 61.1 Å². The van der Waals surface area contributed by atoms with Crippen molar-refractivity contribution in [1.29, 1.82) is 0 Å². The van der Waals surface area contributed by atoms with E-state index in [1.165, 1.54) is 0 Å². The summed E-state index contributed by atoms with van der Waals surface area (Å²) in [5, 5.41) is 7.60. The Morgan fingerprint density at radius 3 is 2.81 bits per heavy atom. The summed E-state index contributed by atoms with van der Waals surface area (Å²) in [6.07, 6.45) is 12.2. The quantitative estimate of drug-likeness (QED) is 0.421. The van der Waals surface area contributed by atoms with E-state index in [-0.39, 0.29) is 5.69 Å². The van der Waals surface area contributed by atoms with Gasteiger partial charge in [0.2, 0.25) is 0 Å². The van der Waals surface area contributed by atoms with Gasteiger partial charge in [0.15, 0.2) is 11.6 Å². The molecule has 0 bridgehead atoms. The molecule has 4 aromatic heterocycles. The predicted molar refractivity (Wildman–Crippen MR) is 119 cm³/mol. The summed E-state index contributed by atoms with van der Waals surface area (Å²) in [6, 6.07) is 7.84. The first-order valence-electron chi connectivity index (χ1n) is 10.0. The third-order valence-electron chi connectivity index (χ3n) is 5.66. The van der Waals surface area contributed by atoms with E-state index >= 15 is 4.39 Å². The number of halogens is 1. The topological polar surface area (TPSA) is 83.1 Å². The highest BCUT2D eigenvalue weighted by Crippen LogP contribution is 2.34. The number of benzene rings is 1. The number of aromatic nitrogens is 6. The summed E-state index contributed by atoms with van der Waals surface area (Å²) in [4.78, 5) is 16.6. The highest BCUT2D eigenvalue weighted by Gasteiger charge is 2.21. The number of pyridine rings is 2. The molecule has 0 aliphatic heterocycles. The Balaban J connectivity index is 1.56. The second-order valence-corrected chi connectivity index (χ2v) is 7.56. The fourth-order valence-electron chi connectivity index (χ4n) is 4.08. The van der Waals surface area contributed by atoms with Crippen molar-refractivity contribution < 1.29 is 4.39 Å². The Labute approximate surface area is 176 Å². The van der Waals surface area contributed by atoms with Gasteiger partial charge in [-0.3, -0.25) is 15.1 Å². The van der Waals surface area contributed by atoms with Gasteiger partial charge in [-0.05, 0) is 36.6 Å². The van der Waals surface area contributed by atoms with Gasteiger partial charge in [0, 0.05) is 23.5 Å². The maximum absolute atomic E-state index is 15.7. The molecule has 0 fully saturated rings. The molecular formula is C24H17FN6. The highest BCUT2D eigenvalue weighted by atomic mass is 19.1. The van der Waals surface area contributed by atoms with Gasteiger partial charge in [0.1, 0.15) is 11.4 Å². The zero-order valence-electron chi connectivity index (χ0n) is 16.6. The zero-order valence-corrected chi connectivity index (χ0v) is 16.6. The number of aromatic amines is 2. The van der Waals surface area contributed by atoms with Gasteiger partial charge >= 0.3 is 0 Å². The molecule has 0 atom stereocenters. The first-order chi connectivity index (χ1) is 15.2. The molecule has 0 amide bonds. The van der Waals surface area contributed by atoms with E-state index in [4.69, 9.17) is 4.98 Å². The van der Waals surface area contributed by atoms with Gasteiger partial charge in [-0.25, -0.2) is 9.37 Å². The number of fused-ring (bicyclic) bond motifs is 2. The Hall–Kier alpha value is -4.13. The van der Waals surface area contributed by atoms with Gasteiger partial charge in [-0.15, -0.1) is 0 Å². The smallest absolute Gasteiger partial charge is 0.161 e. The molecule has 4 heterocycles. The van der Waals surface area contributed by atoms with Crippen molar-refractivity contribution in [3.63, 3.8) is 0 Å². The number of allylic oxidation sites excluding steroid dienone is 4. The average molecular weight is 408 g/mol. The molecule has 1 aliphatic carbocycles. The fraction of sp³-hybridized carbons (Fsp3) is 0.0833. The number of hydrogen-bond donors (Lipinski definition) is 2. The highest BCUT2D eigenvalue weighted by molar-refractivity contribution is 5.98. The number of para-hydroxylation sites is 1. The maximum Gasteiger partial charge on any atom is 0.161 e. The summed E-state index contributed by atoms with van der Waals surface area (Å²) in [7, 11) is 0. The van der Waals surface area contributed by atoms with Crippen molar-refractivity contribution in [2.24, 2.45) is 0 Å². The van der Waals surface area contributed by atoms with E-state index in [1.54, 1.807) is 18.6 Å². The molecular weight excluding hydrogens is 391 g/mol. The van der Waals surface area contributed by atoms with Crippen molar-refractivity contribution in [3.8, 4) is 22.8 Å². The predicted octanol–water partition coefficient (Wildman–Crippen LogP) is 5.35. The van der Waals surface area contributed by atoms with Crippen molar-refractivity contribution >= 4 is 27.5 Å². The zero-order chi connectivity index (χ0) is 20.9. The van der Waals surface area contributed by atoms with Crippen LogP contribution in [0.25, 0.3) is 50.3 Å². The lowest BCUT2D eigenvalue weighted by molar-refractivity contribution is 0.638. The minimum Gasteiger partial charge on any atom is -0.337 e. The number of H-pyrrole nitrogens is 2. The summed E-state index contributed by atoms with van der Waals surface area (Å²) in [5.41, 5.74) is 6.64. The molecule has 6 nitrogen and oxygen atoms in total. The molecule has 1 aromatic carbocycles. The first kappa shape index (κ1) is 17.7. The molecule has 2 N–H and O–H groups in total. The number of nitrogens with zero attached hydrogens (tertiary/aromatic N) is 4. The van der Waals surface area contributed by atoms with E-state index in [9.17, 15) is 0 Å². The van der Waals surface area contributed by atoms with Crippen LogP contribution >= 0.6 is 0 Å². The largest absolute Gasteiger partial charge is 0.337 e. The minimum absolute atomic E-state index is 0.249. The van der Waals surface area contributed by atoms with Crippen LogP contribution in [0.4, 0.5) is 4.39 Å². The second kappa shape index (κ2) is 6.70. The van der Waals surface area contributed by atoms with Crippen LogP contribution in [0, 0.1) is 12.7 Å². The van der Waals surface area contributed by atoms with Gasteiger partial charge in [0.25, 0.3) is 0 Å². The second-order valence-electron chi connectivity index (χ2n) is 7.56. The van der Waals surface area contributed by atoms with Crippen LogP contribution in [-0.2, 0) is 0 Å². The van der Waals surface area contributed by atoms with Crippen molar-refractivity contribution in [3.05, 3.63) is 78.0 Å². The van der Waals surface area contributed by atoms with Crippen molar-refractivity contribution in [1.82, 2.24) is 30.1 Å². The molecule has 0 unspecified atom stereocenters. The Morgan fingerprint density at radius 2 is 1.97 bits per heavy atom. The molecule has 1 aliphatic rings. The number of hydrogen-bond acceptors (Lipinski definition) is 4. The molecule has 150 valence electrons. The van der Waals surface area contributed by atoms with E-state index in [2.05, 4.69) is 43.4 Å². The van der Waals surface area contributed by atoms with Gasteiger partial charge < -0.3 is 4.98 Å². The lowest BCUT2D eigenvalue weighted by atomic mass is 10.1. The normalized spacial score (nSPS) is 13.4. The molecule has 5 aromatic rings. The molecule has 31 heavy (non-hydrogen) atoms. The third-order valence-corrected chi connectivity index (χ3v) is 5.66. The molecule has 0 saturated heterocycles. The number of imidazole rings is 1.